The minimum atomic E-state index is -1.06. The predicted octanol–water partition coefficient (Wildman–Crippen LogP) is 2.49. The number of carboxylic acid groups (broad SMARTS) is 1. The van der Waals surface area contributed by atoms with Gasteiger partial charge in [0, 0.05) is 36.3 Å². The molecular weight excluding hydrogens is 317 g/mol. The Morgan fingerprint density at radius 3 is 2.62 bits per heavy atom. The van der Waals surface area contributed by atoms with Gasteiger partial charge in [-0.1, -0.05) is 0 Å². The molecule has 0 unspecified atom stereocenters. The largest absolute Gasteiger partial charge is 0.505 e. The summed E-state index contributed by atoms with van der Waals surface area (Å²) in [4.78, 5) is 24.1. The maximum absolute atomic E-state index is 13.8. The summed E-state index contributed by atoms with van der Waals surface area (Å²) in [6, 6.07) is 2.27. The van der Waals surface area contributed by atoms with Gasteiger partial charge in [-0.2, -0.15) is 0 Å². The summed E-state index contributed by atoms with van der Waals surface area (Å²) in [5.41, 5.74) is 1.16. The van der Waals surface area contributed by atoms with E-state index in [4.69, 9.17) is 9.84 Å². The number of aromatic nitrogens is 1. The van der Waals surface area contributed by atoms with Crippen molar-refractivity contribution in [1.82, 2.24) is 4.57 Å². The molecule has 1 fully saturated rings. The van der Waals surface area contributed by atoms with Crippen molar-refractivity contribution in [2.45, 2.75) is 26.2 Å². The van der Waals surface area contributed by atoms with Crippen LogP contribution in [0.1, 0.15) is 28.9 Å². The second-order valence-corrected chi connectivity index (χ2v) is 6.02. The number of carbonyl (C=O) groups excluding carboxylic acids is 1. The molecule has 7 heteroatoms. The van der Waals surface area contributed by atoms with E-state index in [1.807, 2.05) is 0 Å². The number of fused-ring (bicyclic) bond motifs is 1. The number of phenols is 1. The van der Waals surface area contributed by atoms with Crippen LogP contribution in [0.2, 0.25) is 0 Å². The third-order valence-corrected chi connectivity index (χ3v) is 4.52. The smallest absolute Gasteiger partial charge is 0.307 e. The highest BCUT2D eigenvalue weighted by Gasteiger charge is 2.28. The molecule has 2 aromatic rings. The number of aliphatic carboxylic acids is 1. The Labute approximate surface area is 137 Å². The maximum atomic E-state index is 13.8. The summed E-state index contributed by atoms with van der Waals surface area (Å²) in [5, 5.41) is 19.1. The number of hydrogen-bond donors (Lipinski definition) is 2. The maximum Gasteiger partial charge on any atom is 0.307 e. The molecule has 1 saturated heterocycles. The lowest BCUT2D eigenvalue weighted by atomic mass is 9.99. The summed E-state index contributed by atoms with van der Waals surface area (Å²) in [6.45, 7) is 2.63. The van der Waals surface area contributed by atoms with Crippen LogP contribution in [-0.2, 0) is 16.0 Å². The highest BCUT2D eigenvalue weighted by molar-refractivity contribution is 5.98. The minimum Gasteiger partial charge on any atom is -0.505 e. The average Bonchev–Trinajstić information content (AvgIpc) is 2.80. The summed E-state index contributed by atoms with van der Waals surface area (Å²) in [6.07, 6.45) is 0.848. The van der Waals surface area contributed by atoms with Crippen LogP contribution < -0.4 is 0 Å². The van der Waals surface area contributed by atoms with Crippen molar-refractivity contribution in [3.63, 3.8) is 0 Å². The third kappa shape index (κ3) is 2.75. The molecule has 0 amide bonds. The lowest BCUT2D eigenvalue weighted by Crippen LogP contribution is -2.28. The topological polar surface area (TPSA) is 88.8 Å². The van der Waals surface area contributed by atoms with E-state index in [1.165, 1.54) is 10.6 Å². The van der Waals surface area contributed by atoms with Gasteiger partial charge in [0.05, 0.1) is 11.9 Å². The highest BCUT2D eigenvalue weighted by Crippen LogP contribution is 2.33. The van der Waals surface area contributed by atoms with Crippen LogP contribution in [0.3, 0.4) is 0 Å². The normalized spacial score (nSPS) is 15.8. The number of ether oxygens (including phenoxy) is 1. The first kappa shape index (κ1) is 16.4. The minimum absolute atomic E-state index is 0.192. The Morgan fingerprint density at radius 2 is 2.00 bits per heavy atom. The molecule has 24 heavy (non-hydrogen) atoms. The van der Waals surface area contributed by atoms with Gasteiger partial charge in [0.2, 0.25) is 5.91 Å². The van der Waals surface area contributed by atoms with E-state index >= 15 is 0 Å². The van der Waals surface area contributed by atoms with Crippen molar-refractivity contribution in [2.75, 3.05) is 13.2 Å². The van der Waals surface area contributed by atoms with E-state index in [0.717, 1.165) is 6.07 Å². The second kappa shape index (κ2) is 6.24. The predicted molar refractivity (Wildman–Crippen MR) is 83.8 cm³/mol. The van der Waals surface area contributed by atoms with Crippen LogP contribution >= 0.6 is 0 Å². The van der Waals surface area contributed by atoms with Crippen molar-refractivity contribution >= 4 is 22.8 Å². The van der Waals surface area contributed by atoms with Gasteiger partial charge in [0.15, 0.2) is 11.6 Å². The Morgan fingerprint density at radius 1 is 1.33 bits per heavy atom. The number of rotatable bonds is 3. The van der Waals surface area contributed by atoms with Gasteiger partial charge in [0.1, 0.15) is 0 Å². The van der Waals surface area contributed by atoms with Crippen molar-refractivity contribution in [3.05, 3.63) is 29.2 Å². The number of phenolic OH excluding ortho intramolecular Hbond substituents is 1. The molecule has 0 bridgehead atoms. The van der Waals surface area contributed by atoms with Gasteiger partial charge < -0.3 is 14.9 Å². The molecule has 0 saturated carbocycles. The van der Waals surface area contributed by atoms with Crippen LogP contribution in [0.25, 0.3) is 10.9 Å². The van der Waals surface area contributed by atoms with Crippen LogP contribution in [-0.4, -0.2) is 39.9 Å². The fourth-order valence-electron chi connectivity index (χ4n) is 3.27. The van der Waals surface area contributed by atoms with Crippen LogP contribution in [0.5, 0.6) is 5.75 Å². The van der Waals surface area contributed by atoms with Crippen LogP contribution in [0.4, 0.5) is 4.39 Å². The average molecular weight is 335 g/mol. The quantitative estimate of drug-likeness (QED) is 0.899. The molecule has 0 atom stereocenters. The molecule has 128 valence electrons. The summed E-state index contributed by atoms with van der Waals surface area (Å²) < 4.78 is 20.5. The van der Waals surface area contributed by atoms with E-state index in [1.54, 1.807) is 6.92 Å². The number of carboxylic acids is 1. The third-order valence-electron chi connectivity index (χ3n) is 4.52. The fourth-order valence-corrected chi connectivity index (χ4v) is 3.27. The lowest BCUT2D eigenvalue weighted by Gasteiger charge is -2.22. The van der Waals surface area contributed by atoms with Crippen LogP contribution in [0.15, 0.2) is 12.1 Å². The standard InChI is InChI=1S/C17H18FNO5/c1-9-11(7-16(21)22)12-6-15(20)13(18)8-14(12)19(9)17(23)10-2-4-24-5-3-10/h6,8,10,20H,2-5,7H2,1H3,(H,21,22). The number of benzene rings is 1. The Bertz CT molecular complexity index is 820. The van der Waals surface area contributed by atoms with E-state index in [0.29, 0.717) is 42.7 Å². The molecule has 1 aliphatic rings. The fraction of sp³-hybridized carbons (Fsp3) is 0.412. The Balaban J connectivity index is 2.18. The van der Waals surface area contributed by atoms with E-state index in [-0.39, 0.29) is 23.8 Å². The van der Waals surface area contributed by atoms with E-state index < -0.39 is 17.5 Å². The molecule has 1 aromatic carbocycles. The van der Waals surface area contributed by atoms with Gasteiger partial charge in [-0.05, 0) is 31.4 Å². The number of halogens is 1. The van der Waals surface area contributed by atoms with Crippen molar-refractivity contribution < 1.29 is 28.9 Å². The van der Waals surface area contributed by atoms with Gasteiger partial charge in [-0.15, -0.1) is 0 Å². The van der Waals surface area contributed by atoms with Gasteiger partial charge in [-0.3, -0.25) is 14.2 Å². The molecule has 0 radical (unpaired) electrons. The van der Waals surface area contributed by atoms with E-state index in [9.17, 15) is 19.1 Å². The number of aromatic hydroxyl groups is 1. The molecule has 2 heterocycles. The second-order valence-electron chi connectivity index (χ2n) is 6.02. The van der Waals surface area contributed by atoms with Crippen molar-refractivity contribution in [1.29, 1.82) is 0 Å². The molecule has 1 aromatic heterocycles. The summed E-state index contributed by atoms with van der Waals surface area (Å²) >= 11 is 0. The molecule has 3 rings (SSSR count). The van der Waals surface area contributed by atoms with Gasteiger partial charge in [-0.25, -0.2) is 4.39 Å². The Hall–Kier alpha value is -2.41. The number of carbonyl (C=O) groups is 2. The van der Waals surface area contributed by atoms with Crippen molar-refractivity contribution in [2.24, 2.45) is 5.92 Å². The first-order valence-electron chi connectivity index (χ1n) is 7.76. The monoisotopic (exact) mass is 335 g/mol. The zero-order valence-electron chi connectivity index (χ0n) is 13.2. The SMILES string of the molecule is Cc1c(CC(=O)O)c2cc(O)c(F)cc2n1C(=O)C1CCOCC1. The van der Waals surface area contributed by atoms with Crippen molar-refractivity contribution in [3.8, 4) is 5.75 Å². The number of hydrogen-bond acceptors (Lipinski definition) is 4. The number of nitrogens with zero attached hydrogens (tertiary/aromatic N) is 1. The van der Waals surface area contributed by atoms with Gasteiger partial charge in [0.25, 0.3) is 0 Å². The summed E-state index contributed by atoms with van der Waals surface area (Å²) in [5.74, 6) is -2.91. The molecule has 0 aliphatic carbocycles. The lowest BCUT2D eigenvalue weighted by molar-refractivity contribution is -0.136. The summed E-state index contributed by atoms with van der Waals surface area (Å²) in [7, 11) is 0. The first-order valence-corrected chi connectivity index (χ1v) is 7.76. The van der Waals surface area contributed by atoms with Gasteiger partial charge >= 0.3 is 5.97 Å². The molecular formula is C17H18FNO5. The Kier molecular flexibility index (Phi) is 4.28. The molecule has 0 spiro atoms. The molecule has 6 nitrogen and oxygen atoms in total. The molecule has 2 N–H and O–H groups in total. The zero-order chi connectivity index (χ0) is 17.4. The first-order chi connectivity index (χ1) is 11.4. The molecule has 1 aliphatic heterocycles. The highest BCUT2D eigenvalue weighted by atomic mass is 19.1. The van der Waals surface area contributed by atoms with E-state index in [2.05, 4.69) is 0 Å². The zero-order valence-corrected chi connectivity index (χ0v) is 13.2. The van der Waals surface area contributed by atoms with Crippen LogP contribution in [0, 0.1) is 18.7 Å².